The lowest BCUT2D eigenvalue weighted by Crippen LogP contribution is -3.15. The highest BCUT2D eigenvalue weighted by atomic mass is 16.6. The van der Waals surface area contributed by atoms with Crippen molar-refractivity contribution in [3.8, 4) is 0 Å². The molecule has 0 saturated carbocycles. The Morgan fingerprint density at radius 3 is 1.09 bits per heavy atom. The van der Waals surface area contributed by atoms with Gasteiger partial charge in [-0.05, 0) is 54.4 Å². The lowest BCUT2D eigenvalue weighted by Gasteiger charge is -2.40. The summed E-state index contributed by atoms with van der Waals surface area (Å²) in [6.45, 7) is 54.2. The van der Waals surface area contributed by atoms with Gasteiger partial charge in [0, 0.05) is 37.8 Å². The Bertz CT molecular complexity index is 1750. The second-order valence-corrected chi connectivity index (χ2v) is 26.1. The summed E-state index contributed by atoms with van der Waals surface area (Å²) in [6, 6.07) is 1.55. The van der Waals surface area contributed by atoms with Gasteiger partial charge >= 0.3 is 35.8 Å². The topological polar surface area (TPSA) is 230 Å². The Morgan fingerprint density at radius 1 is 0.391 bits per heavy atom. The molecule has 0 aromatic rings. The third kappa shape index (κ3) is 49.8. The highest BCUT2D eigenvalue weighted by molar-refractivity contribution is 5.72. The van der Waals surface area contributed by atoms with Crippen LogP contribution in [0.1, 0.15) is 132 Å². The monoisotopic (exact) mass is 1330 g/mol. The number of quaternary nitrogens is 6. The fourth-order valence-electron chi connectivity index (χ4n) is 10.4. The predicted molar refractivity (Wildman–Crippen MR) is 371 cm³/mol. The quantitative estimate of drug-likeness (QED) is 0.0328. The second kappa shape index (κ2) is 55.5. The molecule has 0 aromatic carbocycles. The van der Waals surface area contributed by atoms with E-state index in [1.165, 1.54) is 9.80 Å². The number of carbonyl (C=O) groups excluding carboxylic acids is 6. The minimum absolute atomic E-state index is 0. The van der Waals surface area contributed by atoms with E-state index in [9.17, 15) is 28.8 Å². The molecule has 0 amide bonds. The molecule has 24 nitrogen and oxygen atoms in total. The average molecular weight is 1330 g/mol. The molecule has 0 spiro atoms. The second-order valence-electron chi connectivity index (χ2n) is 26.1. The van der Waals surface area contributed by atoms with E-state index in [2.05, 4.69) is 85.4 Å². The van der Waals surface area contributed by atoms with Crippen molar-refractivity contribution in [3.63, 3.8) is 0 Å². The summed E-state index contributed by atoms with van der Waals surface area (Å²) in [5.41, 5.74) is 0. The maximum Gasteiger partial charge on any atom is 0.362 e. The number of cyclic esters (lactones) is 6. The van der Waals surface area contributed by atoms with Crippen LogP contribution in [0.5, 0.6) is 0 Å². The summed E-state index contributed by atoms with van der Waals surface area (Å²) in [5, 5.41) is 10.1. The van der Waals surface area contributed by atoms with Crippen molar-refractivity contribution < 1.29 is 99.1 Å². The summed E-state index contributed by atoms with van der Waals surface area (Å²) in [5.74, 6) is -0.420. The zero-order chi connectivity index (χ0) is 64.6. The maximum atomic E-state index is 11.4. The summed E-state index contributed by atoms with van der Waals surface area (Å²) in [4.78, 5) is 69.4. The first-order valence-corrected chi connectivity index (χ1v) is 32.6. The van der Waals surface area contributed by atoms with E-state index in [1.54, 1.807) is 0 Å². The minimum Gasteiger partial charge on any atom is -0.456 e. The highest BCUT2D eigenvalue weighted by Gasteiger charge is 2.36. The van der Waals surface area contributed by atoms with E-state index < -0.39 is 0 Å². The predicted octanol–water partition coefficient (Wildman–Crippen LogP) is 2.90. The number of morpholine rings is 6. The van der Waals surface area contributed by atoms with Gasteiger partial charge in [-0.1, -0.05) is 77.7 Å². The first-order chi connectivity index (χ1) is 40.6. The Morgan fingerprint density at radius 2 is 0.717 bits per heavy atom. The number of esters is 6. The van der Waals surface area contributed by atoms with E-state index in [0.29, 0.717) is 104 Å². The molecule has 0 bridgehead atoms. The van der Waals surface area contributed by atoms with Gasteiger partial charge in [0.15, 0.2) is 39.3 Å². The average Bonchev–Trinajstić information content (AvgIpc) is 1.00. The van der Waals surface area contributed by atoms with E-state index in [4.69, 9.17) is 42.6 Å². The van der Waals surface area contributed by atoms with Crippen LogP contribution in [0.2, 0.25) is 0 Å². The normalized spacial score (nSPS) is 24.1. The number of nitrogens with zero attached hydrogens (tertiary/aromatic N) is 4. The van der Waals surface area contributed by atoms with Crippen molar-refractivity contribution in [1.29, 1.82) is 0 Å². The summed E-state index contributed by atoms with van der Waals surface area (Å²) >= 11 is 0. The molecule has 0 aliphatic carbocycles. The molecule has 24 heteroatoms. The Hall–Kier alpha value is -3.66. The minimum atomic E-state index is -0.0942. The van der Waals surface area contributed by atoms with E-state index in [1.807, 2.05) is 41.5 Å². The van der Waals surface area contributed by atoms with Gasteiger partial charge in [0.2, 0.25) is 0 Å². The number of ether oxygens (including phenoxy) is 9. The summed E-state index contributed by atoms with van der Waals surface area (Å²) in [7, 11) is 4.19. The first kappa shape index (κ1) is 99.4. The molecule has 0 aromatic heterocycles. The zero-order valence-corrected chi connectivity index (χ0v) is 59.9. The zero-order valence-electron chi connectivity index (χ0n) is 59.9. The number of rotatable bonds is 28. The molecule has 6 rings (SSSR count). The summed E-state index contributed by atoms with van der Waals surface area (Å²) in [6.07, 6.45) is 3.01. The molecular formula is C68H148N9O15+3. The van der Waals surface area contributed by atoms with Crippen LogP contribution < -0.4 is 25.8 Å². The molecule has 92 heavy (non-hydrogen) atoms. The van der Waals surface area contributed by atoms with Crippen LogP contribution in [-0.2, 0) is 71.4 Å². The SMILES string of the molecule is C.C.C.CC(C)NCC[N+]1(C)CCOC(=O)C1.CC(C)NCC[NH+]1CCOC(=O)C1.CC(C)OCC[N+]1(C)CCOC(=O)C1.CC(C)OCC[NH+]1CCOC(=O)C1.CCC[N+]1(CCNC(C)C)CCOC(=O)C1.CCC[N+]1(CCOC(C)C)CCOC(=O)C1.[CH3-].[CH3-].[CH3-]. The Kier molecular flexibility index (Phi) is 59.9. The number of likely N-dealkylation sites (N-methyl/N-ethyl adjacent to an activating group) is 2. The molecule has 6 atom stereocenters. The van der Waals surface area contributed by atoms with Crippen molar-refractivity contribution in [1.82, 2.24) is 16.0 Å². The maximum absolute atomic E-state index is 11.4. The molecule has 6 aliphatic heterocycles. The molecule has 6 unspecified atom stereocenters. The van der Waals surface area contributed by atoms with E-state index in [-0.39, 0.29) is 98.7 Å². The lowest BCUT2D eigenvalue weighted by molar-refractivity contribution is -0.926. The van der Waals surface area contributed by atoms with Crippen molar-refractivity contribution in [2.45, 2.75) is 168 Å². The van der Waals surface area contributed by atoms with Crippen LogP contribution in [0.3, 0.4) is 0 Å². The van der Waals surface area contributed by atoms with Crippen molar-refractivity contribution in [2.24, 2.45) is 0 Å². The van der Waals surface area contributed by atoms with Gasteiger partial charge in [-0.25, -0.2) is 28.8 Å². The van der Waals surface area contributed by atoms with Crippen LogP contribution >= 0.6 is 0 Å². The van der Waals surface area contributed by atoms with Gasteiger partial charge in [-0.2, -0.15) is 0 Å². The molecule has 552 valence electrons. The third-order valence-electron chi connectivity index (χ3n) is 15.4. The molecule has 6 aliphatic rings. The molecule has 6 fully saturated rings. The van der Waals surface area contributed by atoms with Crippen LogP contribution in [0.4, 0.5) is 0 Å². The van der Waals surface area contributed by atoms with Crippen LogP contribution in [0.15, 0.2) is 0 Å². The highest BCUT2D eigenvalue weighted by Crippen LogP contribution is 2.15. The van der Waals surface area contributed by atoms with Crippen LogP contribution in [0.25, 0.3) is 0 Å². The fourth-order valence-corrected chi connectivity index (χ4v) is 10.4. The van der Waals surface area contributed by atoms with Crippen molar-refractivity contribution >= 4 is 35.8 Å². The van der Waals surface area contributed by atoms with Gasteiger partial charge in [-0.3, -0.25) is 0 Å². The number of nitrogens with one attached hydrogen (secondary N) is 5. The van der Waals surface area contributed by atoms with Crippen LogP contribution in [0, 0.1) is 22.3 Å². The van der Waals surface area contributed by atoms with E-state index in [0.717, 1.165) is 155 Å². The van der Waals surface area contributed by atoms with Gasteiger partial charge in [0.05, 0.1) is 85.0 Å². The number of carbonyl (C=O) groups is 6. The smallest absolute Gasteiger partial charge is 0.362 e. The first-order valence-electron chi connectivity index (χ1n) is 32.6. The molecule has 0 radical (unpaired) electrons. The van der Waals surface area contributed by atoms with Crippen LogP contribution in [-0.4, -0.2) is 314 Å². The van der Waals surface area contributed by atoms with Crippen molar-refractivity contribution in [3.05, 3.63) is 22.3 Å². The van der Waals surface area contributed by atoms with E-state index >= 15 is 0 Å². The molecular weight excluding hydrogens is 1180 g/mol. The molecule has 5 N–H and O–H groups in total. The Balaban J connectivity index is -0.000000238. The van der Waals surface area contributed by atoms with Gasteiger partial charge < -0.3 is 109 Å². The summed E-state index contributed by atoms with van der Waals surface area (Å²) < 4.78 is 49.3. The molecule has 6 saturated heterocycles. The van der Waals surface area contributed by atoms with Crippen molar-refractivity contribution in [2.75, 3.05) is 224 Å². The van der Waals surface area contributed by atoms with Gasteiger partial charge in [-0.15, -0.1) is 0 Å². The fraction of sp³-hybridized carbons (Fsp3) is 0.868. The Labute approximate surface area is 563 Å². The number of hydrogen-bond acceptors (Lipinski definition) is 18. The number of hydrogen-bond donors (Lipinski definition) is 5. The standard InChI is InChI=1S/C12H25N2O2.C12H24NO3.C10H21N2O2.C10H20NO3.C9H18N2O2.C9H17NO3.3CH4.3CH3/c1-4-6-14(7-5-13-11(2)3)8-9-16-12(15)10-14;1-4-5-13(6-8-15-11(2)3)7-9-16-12(14)10-13;1-9(2)11-4-5-12(3)6-7-14-10(13)8-12;1-9(2)13-6-4-11(3)5-7-14-10(12)8-11;1-8(2)10-3-4-11-5-6-13-9(12)7-11;1-8(2)12-5-3-10-4-6-13-9(11)7-10;;;;;;/h11,13H,4-10H2,1-3H3;11H,4-10H2,1-3H3;9,11H,4-8H2,1-3H3;9H,4-8H2,1-3H3;8,10H,3-7H2,1-2H3;8H,3-7H2,1-2H3;3*1H4;3*1H3/q4*+1;;;;;;3*-1/p+2. The third-order valence-corrected chi connectivity index (χ3v) is 15.4. The van der Waals surface area contributed by atoms with Gasteiger partial charge in [0.1, 0.15) is 98.5 Å². The lowest BCUT2D eigenvalue weighted by atomic mass is 10.2. The largest absolute Gasteiger partial charge is 0.456 e. The van der Waals surface area contributed by atoms with Gasteiger partial charge in [0.25, 0.3) is 0 Å². The molecule has 6 heterocycles.